The minimum Gasteiger partial charge on any atom is -0.395 e. The van der Waals surface area contributed by atoms with Gasteiger partial charge in [0.05, 0.1) is 13.2 Å². The molecule has 1 amide bonds. The highest BCUT2D eigenvalue weighted by Crippen LogP contribution is 2.40. The van der Waals surface area contributed by atoms with Crippen molar-refractivity contribution >= 4 is 5.91 Å². The van der Waals surface area contributed by atoms with Crippen LogP contribution in [0.4, 0.5) is 4.39 Å². The van der Waals surface area contributed by atoms with Gasteiger partial charge in [0.1, 0.15) is 5.82 Å². The highest BCUT2D eigenvalue weighted by Gasteiger charge is 2.36. The first-order chi connectivity index (χ1) is 12.6. The number of β-amino-alcohol motifs (C(OH)–C–C–N with tert-alkyl or cyclic N) is 1. The highest BCUT2D eigenvalue weighted by atomic mass is 19.1. The van der Waals surface area contributed by atoms with Gasteiger partial charge in [-0.2, -0.15) is 0 Å². The lowest BCUT2D eigenvalue weighted by molar-refractivity contribution is -0.123. The van der Waals surface area contributed by atoms with Crippen LogP contribution in [0.1, 0.15) is 31.2 Å². The van der Waals surface area contributed by atoms with E-state index in [0.29, 0.717) is 19.6 Å². The number of aliphatic hydroxyl groups excluding tert-OH is 1. The number of carbonyl (C=O) groups is 1. The number of carbonyl (C=O) groups excluding carboxylic acids is 1. The quantitative estimate of drug-likeness (QED) is 0.768. The minimum atomic E-state index is -0.216. The summed E-state index contributed by atoms with van der Waals surface area (Å²) in [6.45, 7) is 5.45. The number of hydrogen-bond acceptors (Lipinski definition) is 4. The molecule has 1 aromatic carbocycles. The van der Waals surface area contributed by atoms with Gasteiger partial charge in [-0.05, 0) is 30.5 Å². The number of piperazine rings is 1. The average molecular weight is 363 g/mol. The van der Waals surface area contributed by atoms with Gasteiger partial charge in [-0.1, -0.05) is 25.0 Å². The Hall–Kier alpha value is -1.50. The fourth-order valence-corrected chi connectivity index (χ4v) is 4.26. The number of nitrogens with one attached hydrogen (secondary N) is 1. The molecule has 0 unspecified atom stereocenters. The SMILES string of the molecule is O=C(CN1CCN(CCO)CC1)NCC1(c2ccc(F)cc2)CCCC1. The zero-order valence-electron chi connectivity index (χ0n) is 15.4. The fraction of sp³-hybridized carbons (Fsp3) is 0.650. The lowest BCUT2D eigenvalue weighted by Crippen LogP contribution is -2.51. The second-order valence-electron chi connectivity index (χ2n) is 7.61. The third kappa shape index (κ3) is 4.81. The number of nitrogens with zero attached hydrogens (tertiary/aromatic N) is 2. The van der Waals surface area contributed by atoms with E-state index in [4.69, 9.17) is 5.11 Å². The van der Waals surface area contributed by atoms with Crippen LogP contribution in [0.2, 0.25) is 0 Å². The summed E-state index contributed by atoms with van der Waals surface area (Å²) in [7, 11) is 0. The molecule has 0 aromatic heterocycles. The van der Waals surface area contributed by atoms with E-state index >= 15 is 0 Å². The van der Waals surface area contributed by atoms with Crippen molar-refractivity contribution in [1.82, 2.24) is 15.1 Å². The summed E-state index contributed by atoms with van der Waals surface area (Å²) in [6, 6.07) is 6.77. The standard InChI is InChI=1S/C20H30FN3O2/c21-18-5-3-17(4-6-18)20(7-1-2-8-20)16-22-19(26)15-24-11-9-23(10-12-24)13-14-25/h3-6,25H,1-2,7-16H2,(H,22,26). The maximum atomic E-state index is 13.3. The molecule has 1 saturated heterocycles. The van der Waals surface area contributed by atoms with Gasteiger partial charge >= 0.3 is 0 Å². The van der Waals surface area contributed by atoms with Crippen molar-refractivity contribution in [3.05, 3.63) is 35.6 Å². The van der Waals surface area contributed by atoms with Crippen LogP contribution in [0.5, 0.6) is 0 Å². The van der Waals surface area contributed by atoms with Crippen molar-refractivity contribution in [3.8, 4) is 0 Å². The van der Waals surface area contributed by atoms with Crippen molar-refractivity contribution in [2.45, 2.75) is 31.1 Å². The molecule has 1 aliphatic carbocycles. The van der Waals surface area contributed by atoms with Gasteiger partial charge in [0.25, 0.3) is 0 Å². The first kappa shape index (κ1) is 19.3. The molecule has 144 valence electrons. The van der Waals surface area contributed by atoms with E-state index in [9.17, 15) is 9.18 Å². The van der Waals surface area contributed by atoms with Crippen molar-refractivity contribution in [1.29, 1.82) is 0 Å². The molecule has 26 heavy (non-hydrogen) atoms. The number of rotatable bonds is 7. The predicted molar refractivity (Wildman–Crippen MR) is 99.5 cm³/mol. The summed E-state index contributed by atoms with van der Waals surface area (Å²) in [5.41, 5.74) is 1.08. The second-order valence-corrected chi connectivity index (χ2v) is 7.61. The Kier molecular flexibility index (Phi) is 6.62. The Morgan fingerprint density at radius 3 is 2.31 bits per heavy atom. The third-order valence-corrected chi connectivity index (χ3v) is 5.89. The lowest BCUT2D eigenvalue weighted by Gasteiger charge is -2.34. The molecule has 0 spiro atoms. The fourth-order valence-electron chi connectivity index (χ4n) is 4.26. The van der Waals surface area contributed by atoms with Gasteiger partial charge in [0.2, 0.25) is 5.91 Å². The van der Waals surface area contributed by atoms with Crippen LogP contribution in [0.15, 0.2) is 24.3 Å². The van der Waals surface area contributed by atoms with Crippen molar-refractivity contribution in [2.75, 3.05) is 52.4 Å². The molecule has 5 nitrogen and oxygen atoms in total. The molecule has 3 rings (SSSR count). The van der Waals surface area contributed by atoms with Crippen molar-refractivity contribution in [3.63, 3.8) is 0 Å². The van der Waals surface area contributed by atoms with Crippen molar-refractivity contribution in [2.24, 2.45) is 0 Å². The van der Waals surface area contributed by atoms with Crippen LogP contribution in [-0.2, 0) is 10.2 Å². The average Bonchev–Trinajstić information content (AvgIpc) is 3.13. The van der Waals surface area contributed by atoms with Crippen molar-refractivity contribution < 1.29 is 14.3 Å². The summed E-state index contributed by atoms with van der Waals surface area (Å²) < 4.78 is 13.3. The topological polar surface area (TPSA) is 55.8 Å². The lowest BCUT2D eigenvalue weighted by atomic mass is 9.79. The van der Waals surface area contributed by atoms with Crippen LogP contribution in [0.3, 0.4) is 0 Å². The molecule has 1 aliphatic heterocycles. The maximum Gasteiger partial charge on any atom is 0.234 e. The van der Waals surface area contributed by atoms with Gasteiger partial charge in [0.15, 0.2) is 0 Å². The van der Waals surface area contributed by atoms with Crippen LogP contribution in [-0.4, -0.2) is 73.2 Å². The molecule has 2 aliphatic rings. The van der Waals surface area contributed by atoms with Gasteiger partial charge in [-0.25, -0.2) is 4.39 Å². The number of amides is 1. The number of benzene rings is 1. The largest absolute Gasteiger partial charge is 0.395 e. The first-order valence-corrected chi connectivity index (χ1v) is 9.70. The summed E-state index contributed by atoms with van der Waals surface area (Å²) in [5, 5.41) is 12.1. The molecular weight excluding hydrogens is 333 g/mol. The van der Waals surface area contributed by atoms with Crippen LogP contribution >= 0.6 is 0 Å². The Bertz CT molecular complexity index is 579. The van der Waals surface area contributed by atoms with E-state index in [-0.39, 0.29) is 23.7 Å². The van der Waals surface area contributed by atoms with E-state index in [2.05, 4.69) is 15.1 Å². The Balaban J connectivity index is 1.50. The molecule has 0 atom stereocenters. The van der Waals surface area contributed by atoms with E-state index < -0.39 is 0 Å². The third-order valence-electron chi connectivity index (χ3n) is 5.89. The normalized spacial score (nSPS) is 21.0. The predicted octanol–water partition coefficient (Wildman–Crippen LogP) is 1.36. The summed E-state index contributed by atoms with van der Waals surface area (Å²) in [5.74, 6) is -0.153. The molecule has 1 heterocycles. The van der Waals surface area contributed by atoms with E-state index in [0.717, 1.165) is 57.4 Å². The molecule has 0 radical (unpaired) electrons. The van der Waals surface area contributed by atoms with E-state index in [1.54, 1.807) is 0 Å². The van der Waals surface area contributed by atoms with Gasteiger partial charge in [0, 0.05) is 44.7 Å². The Labute approximate surface area is 155 Å². The molecule has 2 N–H and O–H groups in total. The smallest absolute Gasteiger partial charge is 0.234 e. The summed E-state index contributed by atoms with van der Waals surface area (Å²) in [6.07, 6.45) is 4.39. The Morgan fingerprint density at radius 1 is 1.08 bits per heavy atom. The number of hydrogen-bond donors (Lipinski definition) is 2. The molecular formula is C20H30FN3O2. The summed E-state index contributed by atoms with van der Waals surface area (Å²) in [4.78, 5) is 16.8. The molecule has 1 saturated carbocycles. The summed E-state index contributed by atoms with van der Waals surface area (Å²) >= 11 is 0. The monoisotopic (exact) mass is 363 g/mol. The van der Waals surface area contributed by atoms with Crippen LogP contribution in [0.25, 0.3) is 0 Å². The van der Waals surface area contributed by atoms with E-state index in [1.807, 2.05) is 12.1 Å². The highest BCUT2D eigenvalue weighted by molar-refractivity contribution is 5.78. The van der Waals surface area contributed by atoms with Gasteiger partial charge < -0.3 is 10.4 Å². The Morgan fingerprint density at radius 2 is 1.69 bits per heavy atom. The second kappa shape index (κ2) is 8.93. The molecule has 2 fully saturated rings. The van der Waals surface area contributed by atoms with Gasteiger partial charge in [-0.15, -0.1) is 0 Å². The maximum absolute atomic E-state index is 13.3. The molecule has 1 aromatic rings. The number of aliphatic hydroxyl groups is 1. The minimum absolute atomic E-state index is 0.0524. The zero-order valence-corrected chi connectivity index (χ0v) is 15.4. The first-order valence-electron chi connectivity index (χ1n) is 9.70. The van der Waals surface area contributed by atoms with Crippen LogP contribution < -0.4 is 5.32 Å². The zero-order chi connectivity index (χ0) is 18.4. The molecule has 6 heteroatoms. The van der Waals surface area contributed by atoms with E-state index in [1.165, 1.54) is 12.1 Å². The molecule has 0 bridgehead atoms. The number of halogens is 1. The van der Waals surface area contributed by atoms with Gasteiger partial charge in [-0.3, -0.25) is 14.6 Å². The van der Waals surface area contributed by atoms with Crippen LogP contribution in [0, 0.1) is 5.82 Å².